The molecule has 2 heterocycles. The minimum atomic E-state index is 0.00891. The number of carbonyl (C=O) groups is 1. The van der Waals surface area contributed by atoms with E-state index in [-0.39, 0.29) is 5.91 Å². The van der Waals surface area contributed by atoms with Gasteiger partial charge in [-0.1, -0.05) is 17.8 Å². The van der Waals surface area contributed by atoms with E-state index in [2.05, 4.69) is 9.97 Å². The summed E-state index contributed by atoms with van der Waals surface area (Å²) in [5.74, 6) is 1.50. The van der Waals surface area contributed by atoms with Crippen molar-refractivity contribution < 1.29 is 9.53 Å². The third-order valence-corrected chi connectivity index (χ3v) is 5.67. The van der Waals surface area contributed by atoms with Crippen LogP contribution in [0.1, 0.15) is 19.5 Å². The molecule has 1 aromatic carbocycles. The van der Waals surface area contributed by atoms with Crippen molar-refractivity contribution in [1.29, 1.82) is 0 Å². The van der Waals surface area contributed by atoms with Crippen molar-refractivity contribution >= 4 is 34.1 Å². The van der Waals surface area contributed by atoms with Gasteiger partial charge in [-0.3, -0.25) is 14.3 Å². The predicted octanol–water partition coefficient (Wildman–Crippen LogP) is 4.00. The van der Waals surface area contributed by atoms with Crippen LogP contribution in [0.25, 0.3) is 5.69 Å². The summed E-state index contributed by atoms with van der Waals surface area (Å²) in [6.45, 7) is 4.13. The van der Waals surface area contributed by atoms with Crippen molar-refractivity contribution in [2.45, 2.75) is 24.8 Å². The van der Waals surface area contributed by atoms with Gasteiger partial charge in [0.15, 0.2) is 10.3 Å². The number of hydrogen-bond donors (Lipinski definition) is 0. The zero-order valence-corrected chi connectivity index (χ0v) is 16.5. The molecular weight excluding hydrogens is 368 g/mol. The molecule has 0 fully saturated rings. The van der Waals surface area contributed by atoms with Gasteiger partial charge in [-0.05, 0) is 19.1 Å². The van der Waals surface area contributed by atoms with E-state index in [1.165, 1.54) is 11.3 Å². The average molecular weight is 389 g/mol. The molecule has 3 rings (SSSR count). The van der Waals surface area contributed by atoms with E-state index in [1.807, 2.05) is 47.3 Å². The lowest BCUT2D eigenvalue weighted by Gasteiger charge is -2.14. The molecule has 3 aromatic rings. The van der Waals surface area contributed by atoms with E-state index in [0.29, 0.717) is 12.3 Å². The van der Waals surface area contributed by atoms with Crippen LogP contribution >= 0.6 is 23.1 Å². The molecule has 8 heteroatoms. The van der Waals surface area contributed by atoms with Gasteiger partial charge in [0, 0.05) is 43.1 Å². The standard InChI is InChI=1S/C18H20N4O2S2/c1-4-21(13(2)23)18-20-14(12-26-18)11-25-17-19-8-9-22(17)15-6-5-7-16(10-15)24-3/h5-10,12H,4,11H2,1-3H3. The molecule has 0 atom stereocenters. The van der Waals surface area contributed by atoms with E-state index < -0.39 is 0 Å². The number of nitrogens with zero attached hydrogens (tertiary/aromatic N) is 4. The summed E-state index contributed by atoms with van der Waals surface area (Å²) in [5, 5.41) is 3.62. The van der Waals surface area contributed by atoms with Crippen LogP contribution < -0.4 is 9.64 Å². The minimum Gasteiger partial charge on any atom is -0.497 e. The fourth-order valence-corrected chi connectivity index (χ4v) is 4.37. The number of thioether (sulfide) groups is 1. The van der Waals surface area contributed by atoms with E-state index >= 15 is 0 Å². The Morgan fingerprint density at radius 1 is 1.42 bits per heavy atom. The molecule has 1 amide bonds. The molecule has 0 saturated carbocycles. The van der Waals surface area contributed by atoms with Crippen LogP contribution in [0.2, 0.25) is 0 Å². The second-order valence-corrected chi connectivity index (χ2v) is 7.23. The molecule has 0 spiro atoms. The maximum absolute atomic E-state index is 11.6. The number of carbonyl (C=O) groups excluding carboxylic acids is 1. The van der Waals surface area contributed by atoms with Crippen molar-refractivity contribution in [3.05, 3.63) is 47.7 Å². The Balaban J connectivity index is 1.73. The SMILES string of the molecule is CCN(C(C)=O)c1nc(CSc2nccn2-c2cccc(OC)c2)cs1. The van der Waals surface area contributed by atoms with Gasteiger partial charge in [0.25, 0.3) is 0 Å². The van der Waals surface area contributed by atoms with E-state index in [4.69, 9.17) is 4.74 Å². The minimum absolute atomic E-state index is 0.00891. The number of methoxy groups -OCH3 is 1. The van der Waals surface area contributed by atoms with Crippen LogP contribution in [0.3, 0.4) is 0 Å². The number of aromatic nitrogens is 3. The Kier molecular flexibility index (Phi) is 5.95. The highest BCUT2D eigenvalue weighted by atomic mass is 32.2. The molecule has 0 radical (unpaired) electrons. The van der Waals surface area contributed by atoms with Crippen molar-refractivity contribution in [2.24, 2.45) is 0 Å². The summed E-state index contributed by atoms with van der Waals surface area (Å²) in [5.41, 5.74) is 1.94. The molecule has 26 heavy (non-hydrogen) atoms. The van der Waals surface area contributed by atoms with Gasteiger partial charge >= 0.3 is 0 Å². The third-order valence-electron chi connectivity index (χ3n) is 3.75. The number of anilines is 1. The predicted molar refractivity (Wildman–Crippen MR) is 105 cm³/mol. The number of rotatable bonds is 7. The lowest BCUT2D eigenvalue weighted by molar-refractivity contribution is -0.116. The Morgan fingerprint density at radius 2 is 2.27 bits per heavy atom. The van der Waals surface area contributed by atoms with E-state index in [9.17, 15) is 4.79 Å². The lowest BCUT2D eigenvalue weighted by atomic mass is 10.3. The van der Waals surface area contributed by atoms with Gasteiger partial charge < -0.3 is 4.74 Å². The monoisotopic (exact) mass is 388 g/mol. The highest BCUT2D eigenvalue weighted by molar-refractivity contribution is 7.98. The fourth-order valence-electron chi connectivity index (χ4n) is 2.47. The average Bonchev–Trinajstić information content (AvgIpc) is 3.29. The zero-order chi connectivity index (χ0) is 18.5. The zero-order valence-electron chi connectivity index (χ0n) is 14.9. The van der Waals surface area contributed by atoms with E-state index in [1.54, 1.807) is 36.9 Å². The van der Waals surface area contributed by atoms with Crippen LogP contribution in [-0.2, 0) is 10.5 Å². The number of hydrogen-bond acceptors (Lipinski definition) is 6. The highest BCUT2D eigenvalue weighted by Crippen LogP contribution is 2.28. The van der Waals surface area contributed by atoms with Gasteiger partial charge in [-0.15, -0.1) is 11.3 Å². The first-order chi connectivity index (χ1) is 12.6. The molecule has 0 saturated heterocycles. The van der Waals surface area contributed by atoms with Crippen molar-refractivity contribution in [2.75, 3.05) is 18.6 Å². The molecule has 2 aromatic heterocycles. The summed E-state index contributed by atoms with van der Waals surface area (Å²) in [4.78, 5) is 22.3. The van der Waals surface area contributed by atoms with Crippen molar-refractivity contribution in [3.8, 4) is 11.4 Å². The molecule has 0 aliphatic rings. The van der Waals surface area contributed by atoms with Crippen LogP contribution in [0.15, 0.2) is 47.2 Å². The van der Waals surface area contributed by atoms with Crippen LogP contribution in [0, 0.1) is 0 Å². The first kappa shape index (κ1) is 18.5. The summed E-state index contributed by atoms with van der Waals surface area (Å²) < 4.78 is 7.32. The van der Waals surface area contributed by atoms with Crippen molar-refractivity contribution in [3.63, 3.8) is 0 Å². The number of benzene rings is 1. The summed E-state index contributed by atoms with van der Waals surface area (Å²) in [6, 6.07) is 7.86. The molecule has 136 valence electrons. The van der Waals surface area contributed by atoms with Gasteiger partial charge in [0.05, 0.1) is 18.5 Å². The maximum Gasteiger partial charge on any atom is 0.225 e. The van der Waals surface area contributed by atoms with Gasteiger partial charge in [-0.2, -0.15) is 0 Å². The summed E-state index contributed by atoms with van der Waals surface area (Å²) in [6.07, 6.45) is 3.71. The number of thiazole rings is 1. The number of imidazole rings is 1. The Hall–Kier alpha value is -2.32. The second kappa shape index (κ2) is 8.37. The normalized spacial score (nSPS) is 10.7. The topological polar surface area (TPSA) is 60.2 Å². The maximum atomic E-state index is 11.6. The summed E-state index contributed by atoms with van der Waals surface area (Å²) in [7, 11) is 1.66. The molecule has 6 nitrogen and oxygen atoms in total. The fraction of sp³-hybridized carbons (Fsp3) is 0.278. The number of amides is 1. The van der Waals surface area contributed by atoms with Gasteiger partial charge in [0.1, 0.15) is 5.75 Å². The largest absolute Gasteiger partial charge is 0.497 e. The second-order valence-electron chi connectivity index (χ2n) is 5.45. The Labute approximate surface area is 160 Å². The Bertz CT molecular complexity index is 891. The first-order valence-electron chi connectivity index (χ1n) is 8.15. The highest BCUT2D eigenvalue weighted by Gasteiger charge is 2.14. The molecule has 0 N–H and O–H groups in total. The molecule has 0 bridgehead atoms. The quantitative estimate of drug-likeness (QED) is 0.573. The first-order valence-corrected chi connectivity index (χ1v) is 10.0. The van der Waals surface area contributed by atoms with E-state index in [0.717, 1.165) is 27.4 Å². The number of ether oxygens (including phenoxy) is 1. The molecule has 0 unspecified atom stereocenters. The van der Waals surface area contributed by atoms with Gasteiger partial charge in [0.2, 0.25) is 5.91 Å². The third kappa shape index (κ3) is 4.08. The Morgan fingerprint density at radius 3 is 3.00 bits per heavy atom. The molecule has 0 aliphatic carbocycles. The van der Waals surface area contributed by atoms with Crippen LogP contribution in [-0.4, -0.2) is 34.1 Å². The molecule has 0 aliphatic heterocycles. The van der Waals surface area contributed by atoms with Crippen molar-refractivity contribution in [1.82, 2.24) is 14.5 Å². The smallest absolute Gasteiger partial charge is 0.225 e. The summed E-state index contributed by atoms with van der Waals surface area (Å²) >= 11 is 3.10. The van der Waals surface area contributed by atoms with Crippen LogP contribution in [0.4, 0.5) is 5.13 Å². The van der Waals surface area contributed by atoms with Gasteiger partial charge in [-0.25, -0.2) is 9.97 Å². The lowest BCUT2D eigenvalue weighted by Crippen LogP contribution is -2.27. The van der Waals surface area contributed by atoms with Crippen LogP contribution in [0.5, 0.6) is 5.75 Å². The molecular formula is C18H20N4O2S2.